The summed E-state index contributed by atoms with van der Waals surface area (Å²) in [7, 11) is 0. The van der Waals surface area contributed by atoms with Crippen LogP contribution in [0.1, 0.15) is 21.5 Å². The van der Waals surface area contributed by atoms with Gasteiger partial charge in [-0.1, -0.05) is 34.1 Å². The Balaban J connectivity index is 1.91. The van der Waals surface area contributed by atoms with E-state index in [0.717, 1.165) is 15.6 Å². The van der Waals surface area contributed by atoms with Crippen molar-refractivity contribution in [1.29, 1.82) is 0 Å². The molecule has 21 heavy (non-hydrogen) atoms. The number of rotatable bonds is 6. The fraction of sp³-hybridized carbons (Fsp3) is 0.188. The fourth-order valence-electron chi connectivity index (χ4n) is 2.07. The van der Waals surface area contributed by atoms with E-state index in [2.05, 4.69) is 21.2 Å². The molecule has 110 valence electrons. The van der Waals surface area contributed by atoms with E-state index in [1.165, 1.54) is 12.1 Å². The highest BCUT2D eigenvalue weighted by Gasteiger charge is 2.08. The van der Waals surface area contributed by atoms with Crippen LogP contribution in [0.3, 0.4) is 0 Å². The molecule has 2 aromatic carbocycles. The van der Waals surface area contributed by atoms with Crippen molar-refractivity contribution in [2.45, 2.75) is 13.0 Å². The van der Waals surface area contributed by atoms with E-state index in [1.807, 2.05) is 12.1 Å². The molecular formula is C16H15BrFNO2. The van der Waals surface area contributed by atoms with E-state index in [0.29, 0.717) is 25.1 Å². The highest BCUT2D eigenvalue weighted by atomic mass is 79.9. The van der Waals surface area contributed by atoms with Crippen molar-refractivity contribution in [3.8, 4) is 0 Å². The van der Waals surface area contributed by atoms with Crippen molar-refractivity contribution in [2.24, 2.45) is 0 Å². The summed E-state index contributed by atoms with van der Waals surface area (Å²) in [4.78, 5) is 11.1. The van der Waals surface area contributed by atoms with Crippen LogP contribution < -0.4 is 5.32 Å². The Hall–Kier alpha value is -1.72. The van der Waals surface area contributed by atoms with Crippen LogP contribution in [0, 0.1) is 5.82 Å². The quantitative estimate of drug-likeness (QED) is 0.781. The van der Waals surface area contributed by atoms with Crippen molar-refractivity contribution in [3.63, 3.8) is 0 Å². The molecule has 0 saturated carbocycles. The average molecular weight is 352 g/mol. The summed E-state index contributed by atoms with van der Waals surface area (Å²) in [6.45, 7) is 1.14. The maximum atomic E-state index is 13.1. The summed E-state index contributed by atoms with van der Waals surface area (Å²) >= 11 is 3.37. The lowest BCUT2D eigenvalue weighted by atomic mass is 10.0. The lowest BCUT2D eigenvalue weighted by molar-refractivity contribution is 0.0695. The molecule has 0 heterocycles. The number of halogens is 2. The van der Waals surface area contributed by atoms with Crippen molar-refractivity contribution in [2.75, 3.05) is 6.54 Å². The van der Waals surface area contributed by atoms with Crippen LogP contribution in [0.5, 0.6) is 0 Å². The molecule has 2 rings (SSSR count). The van der Waals surface area contributed by atoms with E-state index in [1.54, 1.807) is 18.2 Å². The van der Waals surface area contributed by atoms with Gasteiger partial charge in [0.1, 0.15) is 5.82 Å². The first kappa shape index (κ1) is 15.7. The number of carboxylic acid groups (broad SMARTS) is 1. The molecule has 2 aromatic rings. The normalized spacial score (nSPS) is 10.6. The molecule has 0 aliphatic rings. The van der Waals surface area contributed by atoms with Crippen molar-refractivity contribution < 1.29 is 14.3 Å². The summed E-state index contributed by atoms with van der Waals surface area (Å²) in [5.74, 6) is -1.19. The van der Waals surface area contributed by atoms with E-state index in [9.17, 15) is 9.18 Å². The molecule has 0 unspecified atom stereocenters. The average Bonchev–Trinajstić information content (AvgIpc) is 2.47. The molecule has 3 nitrogen and oxygen atoms in total. The van der Waals surface area contributed by atoms with Gasteiger partial charge >= 0.3 is 5.97 Å². The zero-order chi connectivity index (χ0) is 15.2. The fourth-order valence-corrected chi connectivity index (χ4v) is 2.46. The molecule has 0 aliphatic carbocycles. The molecule has 0 aliphatic heterocycles. The molecule has 0 spiro atoms. The van der Waals surface area contributed by atoms with E-state index in [4.69, 9.17) is 5.11 Å². The van der Waals surface area contributed by atoms with E-state index >= 15 is 0 Å². The summed E-state index contributed by atoms with van der Waals surface area (Å²) in [6.07, 6.45) is 0.607. The third-order valence-electron chi connectivity index (χ3n) is 3.14. The summed E-state index contributed by atoms with van der Waals surface area (Å²) < 4.78 is 14.0. The predicted molar refractivity (Wildman–Crippen MR) is 82.9 cm³/mol. The Kier molecular flexibility index (Phi) is 5.47. The lowest BCUT2D eigenvalue weighted by Gasteiger charge is -2.09. The van der Waals surface area contributed by atoms with Gasteiger partial charge in [-0.3, -0.25) is 0 Å². The number of hydrogen-bond donors (Lipinski definition) is 2. The number of hydrogen-bond acceptors (Lipinski definition) is 2. The van der Waals surface area contributed by atoms with Gasteiger partial charge in [0.15, 0.2) is 0 Å². The molecule has 0 saturated heterocycles. The Morgan fingerprint density at radius 2 is 1.95 bits per heavy atom. The Bertz CT molecular complexity index is 646. The van der Waals surface area contributed by atoms with Crippen molar-refractivity contribution >= 4 is 21.9 Å². The molecule has 0 fully saturated rings. The first-order chi connectivity index (χ1) is 10.1. The second-order valence-electron chi connectivity index (χ2n) is 4.62. The lowest BCUT2D eigenvalue weighted by Crippen LogP contribution is -2.18. The number of carbonyl (C=O) groups is 1. The smallest absolute Gasteiger partial charge is 0.335 e. The summed E-state index contributed by atoms with van der Waals surface area (Å²) in [5.41, 5.74) is 1.95. The molecule has 5 heteroatoms. The van der Waals surface area contributed by atoms with Gasteiger partial charge in [0.05, 0.1) is 5.56 Å². The predicted octanol–water partition coefficient (Wildman–Crippen LogP) is 3.62. The minimum absolute atomic E-state index is 0.272. The summed E-state index contributed by atoms with van der Waals surface area (Å²) in [6, 6.07) is 11.5. The summed E-state index contributed by atoms with van der Waals surface area (Å²) in [5, 5.41) is 12.3. The highest BCUT2D eigenvalue weighted by Crippen LogP contribution is 2.17. The van der Waals surface area contributed by atoms with Crippen LogP contribution in [0.2, 0.25) is 0 Å². The molecule has 0 aromatic heterocycles. The van der Waals surface area contributed by atoms with Crippen LogP contribution in [0.4, 0.5) is 4.39 Å². The second kappa shape index (κ2) is 7.33. The van der Waals surface area contributed by atoms with E-state index < -0.39 is 5.97 Å². The van der Waals surface area contributed by atoms with Crippen LogP contribution in [0.25, 0.3) is 0 Å². The third kappa shape index (κ3) is 4.37. The maximum Gasteiger partial charge on any atom is 0.335 e. The van der Waals surface area contributed by atoms with Crippen LogP contribution in [0.15, 0.2) is 46.9 Å². The molecule has 0 radical (unpaired) electrons. The largest absolute Gasteiger partial charge is 0.478 e. The second-order valence-corrected chi connectivity index (χ2v) is 5.48. The van der Waals surface area contributed by atoms with Gasteiger partial charge in [-0.15, -0.1) is 0 Å². The first-order valence-electron chi connectivity index (χ1n) is 6.54. The van der Waals surface area contributed by atoms with Crippen molar-refractivity contribution in [1.82, 2.24) is 5.32 Å². The number of benzene rings is 2. The number of carboxylic acids is 1. The van der Waals surface area contributed by atoms with Crippen LogP contribution in [-0.4, -0.2) is 17.6 Å². The topological polar surface area (TPSA) is 49.3 Å². The van der Waals surface area contributed by atoms with Gasteiger partial charge in [-0.2, -0.15) is 0 Å². The monoisotopic (exact) mass is 351 g/mol. The SMILES string of the molecule is O=C(O)c1ccccc1CCNCc1cc(F)ccc1Br. The zero-order valence-corrected chi connectivity index (χ0v) is 12.9. The zero-order valence-electron chi connectivity index (χ0n) is 11.3. The highest BCUT2D eigenvalue weighted by molar-refractivity contribution is 9.10. The number of aromatic carboxylic acids is 1. The standard InChI is InChI=1S/C16H15BrFNO2/c17-15-6-5-13(18)9-12(15)10-19-8-7-11-3-1-2-4-14(11)16(20)21/h1-6,9,19H,7-8,10H2,(H,20,21). The number of nitrogens with one attached hydrogen (secondary N) is 1. The van der Waals surface area contributed by atoms with Gasteiger partial charge in [-0.25, -0.2) is 9.18 Å². The van der Waals surface area contributed by atoms with Crippen LogP contribution >= 0.6 is 15.9 Å². The minimum atomic E-state index is -0.918. The molecule has 0 bridgehead atoms. The maximum absolute atomic E-state index is 13.1. The van der Waals surface area contributed by atoms with Gasteiger partial charge in [0, 0.05) is 11.0 Å². The van der Waals surface area contributed by atoms with Crippen molar-refractivity contribution in [3.05, 3.63) is 69.4 Å². The van der Waals surface area contributed by atoms with Gasteiger partial charge in [0.2, 0.25) is 0 Å². The molecule has 0 amide bonds. The first-order valence-corrected chi connectivity index (χ1v) is 7.33. The van der Waals surface area contributed by atoms with Gasteiger partial charge in [0.25, 0.3) is 0 Å². The molecule has 0 atom stereocenters. The molecule has 2 N–H and O–H groups in total. The van der Waals surface area contributed by atoms with E-state index in [-0.39, 0.29) is 5.82 Å². The minimum Gasteiger partial charge on any atom is -0.478 e. The Labute approximate surface area is 130 Å². The van der Waals surface area contributed by atoms with Crippen LogP contribution in [-0.2, 0) is 13.0 Å². The Morgan fingerprint density at radius 3 is 2.71 bits per heavy atom. The Morgan fingerprint density at radius 1 is 1.19 bits per heavy atom. The van der Waals surface area contributed by atoms with Gasteiger partial charge in [-0.05, 0) is 48.4 Å². The third-order valence-corrected chi connectivity index (χ3v) is 3.92. The molecular weight excluding hydrogens is 337 g/mol. The van der Waals surface area contributed by atoms with Gasteiger partial charge < -0.3 is 10.4 Å².